The molecule has 0 aliphatic carbocycles. The summed E-state index contributed by atoms with van der Waals surface area (Å²) in [4.78, 5) is 13.2. The number of imidazole rings is 1. The van der Waals surface area contributed by atoms with Gasteiger partial charge in [0.25, 0.3) is 0 Å². The highest BCUT2D eigenvalue weighted by Gasteiger charge is 2.20. The number of rotatable bonds is 8. The predicted octanol–water partition coefficient (Wildman–Crippen LogP) is 2.10. The summed E-state index contributed by atoms with van der Waals surface area (Å²) in [6.45, 7) is 7.90. The third-order valence-electron chi connectivity index (χ3n) is 5.00. The van der Waals surface area contributed by atoms with Gasteiger partial charge in [0.15, 0.2) is 5.65 Å². The van der Waals surface area contributed by atoms with Crippen LogP contribution < -0.4 is 16.9 Å². The van der Waals surface area contributed by atoms with Gasteiger partial charge in [-0.25, -0.2) is 20.8 Å². The molecule has 3 rings (SSSR count). The van der Waals surface area contributed by atoms with Crippen LogP contribution in [0.25, 0.3) is 22.7 Å². The summed E-state index contributed by atoms with van der Waals surface area (Å²) in [5.74, 6) is 6.65. The Morgan fingerprint density at radius 2 is 2.09 bits per heavy atom. The number of fused-ring (bicyclic) bond motifs is 1. The van der Waals surface area contributed by atoms with Crippen LogP contribution in [0.3, 0.4) is 0 Å². The average molecular weight is 436 g/mol. The Morgan fingerprint density at radius 3 is 2.75 bits per heavy atom. The second-order valence-electron chi connectivity index (χ2n) is 8.29. The first-order valence-electron chi connectivity index (χ1n) is 10.3. The topological polar surface area (TPSA) is 155 Å². The number of nitrogens with two attached hydrogens (primary N) is 2. The van der Waals surface area contributed by atoms with E-state index in [0.717, 1.165) is 5.69 Å². The van der Waals surface area contributed by atoms with Gasteiger partial charge in [0.2, 0.25) is 0 Å². The molecule has 3 aromatic heterocycles. The predicted molar refractivity (Wildman–Crippen MR) is 124 cm³/mol. The molecule has 0 spiro atoms. The average Bonchev–Trinajstić information content (AvgIpc) is 3.15. The number of hydrogen-bond acceptors (Lipinski definition) is 9. The van der Waals surface area contributed by atoms with Crippen LogP contribution in [0, 0.1) is 11.3 Å². The summed E-state index contributed by atoms with van der Waals surface area (Å²) < 4.78 is 1.75. The molecule has 0 aliphatic rings. The van der Waals surface area contributed by atoms with Crippen molar-refractivity contribution in [1.29, 1.82) is 5.26 Å². The molecule has 10 heteroatoms. The molecule has 0 saturated carbocycles. The van der Waals surface area contributed by atoms with Gasteiger partial charge in [0.1, 0.15) is 23.7 Å². The molecule has 0 radical (unpaired) electrons. The van der Waals surface area contributed by atoms with Crippen LogP contribution >= 0.6 is 0 Å². The highest BCUT2D eigenvalue weighted by atomic mass is 16.3. The van der Waals surface area contributed by atoms with Crippen molar-refractivity contribution in [2.45, 2.75) is 45.8 Å². The third-order valence-corrected chi connectivity index (χ3v) is 5.00. The van der Waals surface area contributed by atoms with E-state index in [2.05, 4.69) is 26.3 Å². The monoisotopic (exact) mass is 435 g/mol. The van der Waals surface area contributed by atoms with E-state index in [9.17, 15) is 5.11 Å². The Morgan fingerprint density at radius 1 is 1.34 bits per heavy atom. The fourth-order valence-corrected chi connectivity index (χ4v) is 3.17. The van der Waals surface area contributed by atoms with Crippen LogP contribution in [0.4, 0.5) is 5.69 Å². The molecule has 3 aromatic rings. The molecule has 32 heavy (non-hydrogen) atoms. The zero-order valence-electron chi connectivity index (χ0n) is 18.7. The number of hydrazine groups is 1. The minimum Gasteiger partial charge on any atom is -0.397 e. The first-order chi connectivity index (χ1) is 15.1. The van der Waals surface area contributed by atoms with Crippen molar-refractivity contribution >= 4 is 22.5 Å². The number of nitrogens with zero attached hydrogens (tertiary/aromatic N) is 6. The van der Waals surface area contributed by atoms with Crippen LogP contribution in [-0.4, -0.2) is 47.8 Å². The third kappa shape index (κ3) is 5.14. The Kier molecular flexibility index (Phi) is 6.62. The van der Waals surface area contributed by atoms with Crippen molar-refractivity contribution in [2.75, 3.05) is 11.9 Å². The quantitative estimate of drug-likeness (QED) is 0.307. The van der Waals surface area contributed by atoms with E-state index < -0.39 is 5.60 Å². The molecular formula is C22H29N9O. The summed E-state index contributed by atoms with van der Waals surface area (Å²) in [7, 11) is 0. The fraction of sp³-hybridized carbons (Fsp3) is 0.364. The Balaban J connectivity index is 2.00. The molecule has 0 fully saturated rings. The number of hydrogen-bond donors (Lipinski definition) is 4. The summed E-state index contributed by atoms with van der Waals surface area (Å²) in [5, 5.41) is 24.1. The summed E-state index contributed by atoms with van der Waals surface area (Å²) in [6.07, 6.45) is 6.93. The van der Waals surface area contributed by atoms with Gasteiger partial charge in [-0.05, 0) is 33.3 Å². The number of anilines is 1. The van der Waals surface area contributed by atoms with Crippen molar-refractivity contribution in [3.63, 3.8) is 0 Å². The van der Waals surface area contributed by atoms with Crippen LogP contribution in [0.15, 0.2) is 37.1 Å². The number of aliphatic hydroxyl groups is 1. The molecule has 0 bridgehead atoms. The number of nitriles is 1. The van der Waals surface area contributed by atoms with Gasteiger partial charge in [-0.2, -0.15) is 5.26 Å². The first kappa shape index (κ1) is 23.0. The zero-order chi connectivity index (χ0) is 23.5. The van der Waals surface area contributed by atoms with Crippen molar-refractivity contribution in [1.82, 2.24) is 24.5 Å². The van der Waals surface area contributed by atoms with Crippen LogP contribution in [0.1, 0.15) is 45.2 Å². The van der Waals surface area contributed by atoms with Gasteiger partial charge in [-0.1, -0.05) is 6.92 Å². The lowest BCUT2D eigenvalue weighted by Crippen LogP contribution is -2.41. The lowest BCUT2D eigenvalue weighted by molar-refractivity contribution is 0.0291. The standard InChI is InChI=1S/C22H29N9O/c1-5-22(4,32)12-30(25)11-17(24)16-10-26-20(7-18(16)29-14(2)3)31-13-28-19-6-15(8-23)9-27-21(19)31/h6-7,9-11,13-14,32H,5,12,24-25H2,1-4H3,(H,26,29)/b17-11-. The second kappa shape index (κ2) is 9.21. The molecular weight excluding hydrogens is 406 g/mol. The van der Waals surface area contributed by atoms with Gasteiger partial charge in [-0.15, -0.1) is 0 Å². The van der Waals surface area contributed by atoms with Crippen LogP contribution in [0.5, 0.6) is 0 Å². The number of nitrogens with one attached hydrogen (secondary N) is 1. The largest absolute Gasteiger partial charge is 0.397 e. The summed E-state index contributed by atoms with van der Waals surface area (Å²) in [6, 6.07) is 5.75. The van der Waals surface area contributed by atoms with Gasteiger partial charge in [-0.3, -0.25) is 4.57 Å². The van der Waals surface area contributed by atoms with E-state index in [1.807, 2.05) is 26.8 Å². The molecule has 0 saturated heterocycles. The SMILES string of the molecule is CCC(C)(O)CN(N)/C=C(\N)c1cnc(-n2cnc3cc(C#N)cnc32)cc1NC(C)C. The molecule has 0 aliphatic heterocycles. The maximum Gasteiger partial charge on any atom is 0.165 e. The number of pyridine rings is 2. The number of aromatic nitrogens is 4. The van der Waals surface area contributed by atoms with Gasteiger partial charge in [0, 0.05) is 42.0 Å². The smallest absolute Gasteiger partial charge is 0.165 e. The molecule has 1 unspecified atom stereocenters. The van der Waals surface area contributed by atoms with Crippen LogP contribution in [-0.2, 0) is 0 Å². The Labute approximate surface area is 187 Å². The normalized spacial score (nSPS) is 13.8. The zero-order valence-corrected chi connectivity index (χ0v) is 18.7. The lowest BCUT2D eigenvalue weighted by Gasteiger charge is -2.27. The molecule has 0 amide bonds. The highest BCUT2D eigenvalue weighted by Crippen LogP contribution is 2.25. The maximum atomic E-state index is 10.3. The second-order valence-corrected chi connectivity index (χ2v) is 8.29. The van der Waals surface area contributed by atoms with Gasteiger partial charge >= 0.3 is 0 Å². The summed E-state index contributed by atoms with van der Waals surface area (Å²) >= 11 is 0. The maximum absolute atomic E-state index is 10.3. The van der Waals surface area contributed by atoms with E-state index in [1.54, 1.807) is 36.3 Å². The molecule has 168 valence electrons. The fourth-order valence-electron chi connectivity index (χ4n) is 3.17. The highest BCUT2D eigenvalue weighted by molar-refractivity contribution is 5.77. The molecule has 6 N–H and O–H groups in total. The van der Waals surface area contributed by atoms with Crippen molar-refractivity contribution in [3.05, 3.63) is 48.2 Å². The molecule has 3 heterocycles. The van der Waals surface area contributed by atoms with E-state index in [0.29, 0.717) is 40.2 Å². The Hall–Kier alpha value is -3.68. The van der Waals surface area contributed by atoms with Gasteiger partial charge in [0.05, 0.1) is 23.4 Å². The lowest BCUT2D eigenvalue weighted by atomic mass is 10.0. The van der Waals surface area contributed by atoms with Crippen molar-refractivity contribution in [3.8, 4) is 11.9 Å². The van der Waals surface area contributed by atoms with Crippen LogP contribution in [0.2, 0.25) is 0 Å². The molecule has 10 nitrogen and oxygen atoms in total. The van der Waals surface area contributed by atoms with E-state index >= 15 is 0 Å². The van der Waals surface area contributed by atoms with E-state index in [1.165, 1.54) is 11.2 Å². The summed E-state index contributed by atoms with van der Waals surface area (Å²) in [5.41, 5.74) is 8.92. The van der Waals surface area contributed by atoms with E-state index in [4.69, 9.17) is 16.8 Å². The molecule has 0 aromatic carbocycles. The van der Waals surface area contributed by atoms with Gasteiger partial charge < -0.3 is 21.2 Å². The van der Waals surface area contributed by atoms with Crippen molar-refractivity contribution < 1.29 is 5.11 Å². The van der Waals surface area contributed by atoms with E-state index in [-0.39, 0.29) is 12.6 Å². The first-order valence-corrected chi connectivity index (χ1v) is 10.3. The van der Waals surface area contributed by atoms with Crippen molar-refractivity contribution in [2.24, 2.45) is 11.6 Å². The Bertz CT molecular complexity index is 1170. The minimum absolute atomic E-state index is 0.141. The molecule has 1 atom stereocenters. The minimum atomic E-state index is -0.923.